The number of aryl methyl sites for hydroxylation is 2. The van der Waals surface area contributed by atoms with Gasteiger partial charge in [0, 0.05) is 12.2 Å². The van der Waals surface area contributed by atoms with Gasteiger partial charge in [0.2, 0.25) is 5.91 Å². The number of aromatic nitrogens is 2. The highest BCUT2D eigenvalue weighted by molar-refractivity contribution is 5.88. The maximum absolute atomic E-state index is 11.6. The van der Waals surface area contributed by atoms with Crippen LogP contribution in [0.15, 0.2) is 6.20 Å². The molecule has 90 valence electrons. The van der Waals surface area contributed by atoms with Crippen LogP contribution < -0.4 is 5.32 Å². The second-order valence-electron chi connectivity index (χ2n) is 4.57. The molecule has 5 nitrogen and oxygen atoms in total. The minimum absolute atomic E-state index is 0.107. The highest BCUT2D eigenvalue weighted by atomic mass is 16.2. The highest BCUT2D eigenvalue weighted by Crippen LogP contribution is 2.44. The van der Waals surface area contributed by atoms with E-state index in [9.17, 15) is 4.79 Å². The Kier molecular flexibility index (Phi) is 3.14. The van der Waals surface area contributed by atoms with Crippen molar-refractivity contribution in [3.8, 4) is 6.07 Å². The molecule has 0 bridgehead atoms. The lowest BCUT2D eigenvalue weighted by Gasteiger charge is -2.07. The van der Waals surface area contributed by atoms with Crippen LogP contribution in [0.1, 0.15) is 30.5 Å². The van der Waals surface area contributed by atoms with Crippen LogP contribution >= 0.6 is 0 Å². The first-order chi connectivity index (χ1) is 8.18. The fourth-order valence-corrected chi connectivity index (χ4v) is 1.79. The molecule has 1 amide bonds. The van der Waals surface area contributed by atoms with Crippen molar-refractivity contribution in [1.82, 2.24) is 15.5 Å². The van der Waals surface area contributed by atoms with Crippen LogP contribution in [0.3, 0.4) is 0 Å². The fourth-order valence-electron chi connectivity index (χ4n) is 1.79. The van der Waals surface area contributed by atoms with E-state index in [1.165, 1.54) is 5.56 Å². The molecule has 0 saturated heterocycles. The lowest BCUT2D eigenvalue weighted by molar-refractivity contribution is -0.124. The average Bonchev–Trinajstić information content (AvgIpc) is 3.04. The summed E-state index contributed by atoms with van der Waals surface area (Å²) in [5.74, 6) is -0.107. The van der Waals surface area contributed by atoms with E-state index < -0.39 is 5.41 Å². The lowest BCUT2D eigenvalue weighted by atomic mass is 10.1. The summed E-state index contributed by atoms with van der Waals surface area (Å²) in [6.07, 6.45) is 4.98. The Bertz CT molecular complexity index is 453. The number of amides is 1. The second-order valence-corrected chi connectivity index (χ2v) is 4.57. The fraction of sp³-hybridized carbons (Fsp3) is 0.583. The van der Waals surface area contributed by atoms with E-state index in [1.807, 2.05) is 13.1 Å². The Morgan fingerprint density at radius 3 is 3.00 bits per heavy atom. The third-order valence-corrected chi connectivity index (χ3v) is 3.24. The highest BCUT2D eigenvalue weighted by Gasteiger charge is 2.50. The van der Waals surface area contributed by atoms with E-state index in [2.05, 4.69) is 21.6 Å². The Morgan fingerprint density at radius 2 is 2.47 bits per heavy atom. The van der Waals surface area contributed by atoms with Gasteiger partial charge in [-0.1, -0.05) is 0 Å². The Morgan fingerprint density at radius 1 is 1.71 bits per heavy atom. The largest absolute Gasteiger partial charge is 0.355 e. The molecule has 0 aromatic carbocycles. The molecule has 2 rings (SSSR count). The van der Waals surface area contributed by atoms with Gasteiger partial charge in [0.05, 0.1) is 12.3 Å². The molecule has 1 aromatic heterocycles. The van der Waals surface area contributed by atoms with Crippen molar-refractivity contribution in [3.63, 3.8) is 0 Å². The van der Waals surface area contributed by atoms with Gasteiger partial charge in [-0.05, 0) is 38.2 Å². The monoisotopic (exact) mass is 232 g/mol. The molecule has 5 heteroatoms. The van der Waals surface area contributed by atoms with Crippen LogP contribution in [0.4, 0.5) is 0 Å². The van der Waals surface area contributed by atoms with Crippen molar-refractivity contribution < 1.29 is 4.79 Å². The SMILES string of the molecule is Cc1[nH]ncc1CCCNC(=O)C1(C#N)CC1. The van der Waals surface area contributed by atoms with Gasteiger partial charge in [-0.2, -0.15) is 10.4 Å². The number of hydrogen-bond acceptors (Lipinski definition) is 3. The number of nitrogens with zero attached hydrogens (tertiary/aromatic N) is 2. The predicted octanol–water partition coefficient (Wildman–Crippen LogP) is 1.07. The second kappa shape index (κ2) is 4.58. The molecule has 0 spiro atoms. The van der Waals surface area contributed by atoms with Crippen LogP contribution in [0.2, 0.25) is 0 Å². The lowest BCUT2D eigenvalue weighted by Crippen LogP contribution is -2.32. The van der Waals surface area contributed by atoms with Crippen LogP contribution in [0.5, 0.6) is 0 Å². The summed E-state index contributed by atoms with van der Waals surface area (Å²) >= 11 is 0. The summed E-state index contributed by atoms with van der Waals surface area (Å²) in [6.45, 7) is 2.60. The molecular weight excluding hydrogens is 216 g/mol. The minimum Gasteiger partial charge on any atom is -0.355 e. The van der Waals surface area contributed by atoms with Gasteiger partial charge in [-0.25, -0.2) is 0 Å². The van der Waals surface area contributed by atoms with Crippen molar-refractivity contribution in [3.05, 3.63) is 17.5 Å². The predicted molar refractivity (Wildman–Crippen MR) is 61.9 cm³/mol. The third kappa shape index (κ3) is 2.47. The Labute approximate surface area is 100 Å². The zero-order chi connectivity index (χ0) is 12.3. The molecule has 0 aliphatic heterocycles. The first-order valence-corrected chi connectivity index (χ1v) is 5.86. The van der Waals surface area contributed by atoms with Gasteiger partial charge in [0.25, 0.3) is 0 Å². The normalized spacial score (nSPS) is 16.2. The summed E-state index contributed by atoms with van der Waals surface area (Å²) < 4.78 is 0. The molecule has 1 heterocycles. The van der Waals surface area contributed by atoms with Crippen LogP contribution in [0.25, 0.3) is 0 Å². The molecule has 0 radical (unpaired) electrons. The number of hydrogen-bond donors (Lipinski definition) is 2. The van der Waals surface area contributed by atoms with E-state index in [4.69, 9.17) is 5.26 Å². The maximum atomic E-state index is 11.6. The van der Waals surface area contributed by atoms with Gasteiger partial charge in [0.15, 0.2) is 0 Å². The topological polar surface area (TPSA) is 81.6 Å². The molecule has 0 unspecified atom stereocenters. The molecule has 1 aromatic rings. The smallest absolute Gasteiger partial charge is 0.240 e. The molecule has 1 aliphatic carbocycles. The number of aromatic amines is 1. The van der Waals surface area contributed by atoms with E-state index in [0.29, 0.717) is 19.4 Å². The summed E-state index contributed by atoms with van der Waals surface area (Å²) in [6, 6.07) is 2.09. The van der Waals surface area contributed by atoms with Crippen LogP contribution in [-0.2, 0) is 11.2 Å². The van der Waals surface area contributed by atoms with Crippen LogP contribution in [-0.4, -0.2) is 22.6 Å². The first-order valence-electron chi connectivity index (χ1n) is 5.86. The molecular formula is C12H16N4O. The summed E-state index contributed by atoms with van der Waals surface area (Å²) in [5.41, 5.74) is 1.55. The standard InChI is InChI=1S/C12H16N4O/c1-9-10(7-15-16-9)3-2-6-14-11(17)12(8-13)4-5-12/h7H,2-6H2,1H3,(H,14,17)(H,15,16). The Hall–Kier alpha value is -1.83. The Balaban J connectivity index is 1.69. The summed E-state index contributed by atoms with van der Waals surface area (Å²) in [5, 5.41) is 18.5. The quantitative estimate of drug-likeness (QED) is 0.745. The number of carbonyl (C=O) groups is 1. The average molecular weight is 232 g/mol. The number of nitrogens with one attached hydrogen (secondary N) is 2. The summed E-state index contributed by atoms with van der Waals surface area (Å²) in [7, 11) is 0. The number of nitriles is 1. The van der Waals surface area contributed by atoms with Gasteiger partial charge >= 0.3 is 0 Å². The molecule has 17 heavy (non-hydrogen) atoms. The zero-order valence-electron chi connectivity index (χ0n) is 9.92. The molecule has 2 N–H and O–H groups in total. The molecule has 1 saturated carbocycles. The molecule has 1 fully saturated rings. The van der Waals surface area contributed by atoms with E-state index >= 15 is 0 Å². The van der Waals surface area contributed by atoms with Crippen molar-refractivity contribution >= 4 is 5.91 Å². The van der Waals surface area contributed by atoms with Gasteiger partial charge in [-0.15, -0.1) is 0 Å². The maximum Gasteiger partial charge on any atom is 0.240 e. The number of H-pyrrole nitrogens is 1. The van der Waals surface area contributed by atoms with E-state index in [-0.39, 0.29) is 5.91 Å². The number of rotatable bonds is 5. The minimum atomic E-state index is -0.703. The van der Waals surface area contributed by atoms with Crippen molar-refractivity contribution in [2.75, 3.05) is 6.54 Å². The molecule has 1 aliphatic rings. The first kappa shape index (κ1) is 11.6. The van der Waals surface area contributed by atoms with Gasteiger partial charge in [0.1, 0.15) is 5.41 Å². The van der Waals surface area contributed by atoms with Gasteiger partial charge < -0.3 is 5.32 Å². The van der Waals surface area contributed by atoms with Crippen LogP contribution in [0, 0.1) is 23.7 Å². The van der Waals surface area contributed by atoms with E-state index in [0.717, 1.165) is 18.5 Å². The van der Waals surface area contributed by atoms with Crippen molar-refractivity contribution in [2.24, 2.45) is 5.41 Å². The van der Waals surface area contributed by atoms with Crippen molar-refractivity contribution in [2.45, 2.75) is 32.6 Å². The van der Waals surface area contributed by atoms with Gasteiger partial charge in [-0.3, -0.25) is 9.89 Å². The summed E-state index contributed by atoms with van der Waals surface area (Å²) in [4.78, 5) is 11.6. The molecule has 0 atom stereocenters. The van der Waals surface area contributed by atoms with Crippen molar-refractivity contribution in [1.29, 1.82) is 5.26 Å². The zero-order valence-corrected chi connectivity index (χ0v) is 9.92. The van der Waals surface area contributed by atoms with E-state index in [1.54, 1.807) is 0 Å². The number of carbonyl (C=O) groups excluding carboxylic acids is 1. The third-order valence-electron chi connectivity index (χ3n) is 3.24.